The van der Waals surface area contributed by atoms with Crippen LogP contribution in [0, 0.1) is 0 Å². The van der Waals surface area contributed by atoms with E-state index in [1.807, 2.05) is 6.92 Å². The third-order valence-electron chi connectivity index (χ3n) is 2.82. The van der Waals surface area contributed by atoms with E-state index < -0.39 is 0 Å². The Balaban J connectivity index is 2.34. The molecule has 1 heterocycles. The van der Waals surface area contributed by atoms with Gasteiger partial charge in [-0.3, -0.25) is 0 Å². The second-order valence-electron chi connectivity index (χ2n) is 4.06. The molecule has 3 rings (SSSR count). The van der Waals surface area contributed by atoms with Crippen LogP contribution in [0.5, 0.6) is 0 Å². The molecule has 80 valence electrons. The average molecular weight is 228 g/mol. The minimum absolute atomic E-state index is 0.375. The van der Waals surface area contributed by atoms with Crippen molar-refractivity contribution in [3.63, 3.8) is 0 Å². The first-order chi connectivity index (χ1) is 7.74. The first-order valence-corrected chi connectivity index (χ1v) is 6.16. The van der Waals surface area contributed by atoms with Gasteiger partial charge in [0.1, 0.15) is 0 Å². The van der Waals surface area contributed by atoms with Gasteiger partial charge in [-0.15, -0.1) is 11.3 Å². The van der Waals surface area contributed by atoms with E-state index in [0.29, 0.717) is 0 Å². The molecule has 0 radical (unpaired) electrons. The number of hydrogen-bond donors (Lipinski definition) is 1. The van der Waals surface area contributed by atoms with Crippen molar-refractivity contribution in [2.75, 3.05) is 0 Å². The normalized spacial score (nSPS) is 13.4. The SMILES string of the molecule is C[C@H](O)c1cc2cc3ccccc3cc2s1. The molecule has 16 heavy (non-hydrogen) atoms. The molecule has 2 heteroatoms. The van der Waals surface area contributed by atoms with Gasteiger partial charge in [0, 0.05) is 9.58 Å². The van der Waals surface area contributed by atoms with Crippen LogP contribution in [0.25, 0.3) is 20.9 Å². The van der Waals surface area contributed by atoms with E-state index in [0.717, 1.165) is 4.88 Å². The third-order valence-corrected chi connectivity index (χ3v) is 4.08. The van der Waals surface area contributed by atoms with Crippen LogP contribution in [0.1, 0.15) is 17.9 Å². The van der Waals surface area contributed by atoms with E-state index in [1.54, 1.807) is 11.3 Å². The molecule has 0 saturated carbocycles. The number of hydrogen-bond acceptors (Lipinski definition) is 2. The molecule has 1 N–H and O–H groups in total. The summed E-state index contributed by atoms with van der Waals surface area (Å²) in [6.45, 7) is 1.81. The molecular formula is C14H12OS. The molecule has 2 aromatic carbocycles. The molecule has 0 aliphatic rings. The van der Waals surface area contributed by atoms with Gasteiger partial charge in [0.25, 0.3) is 0 Å². The van der Waals surface area contributed by atoms with Gasteiger partial charge in [-0.25, -0.2) is 0 Å². The number of benzene rings is 2. The van der Waals surface area contributed by atoms with E-state index in [4.69, 9.17) is 0 Å². The molecule has 0 amide bonds. The van der Waals surface area contributed by atoms with Crippen molar-refractivity contribution in [2.45, 2.75) is 13.0 Å². The largest absolute Gasteiger partial charge is 0.388 e. The Morgan fingerprint density at radius 2 is 1.69 bits per heavy atom. The molecule has 1 nitrogen and oxygen atoms in total. The van der Waals surface area contributed by atoms with Gasteiger partial charge in [-0.05, 0) is 41.3 Å². The summed E-state index contributed by atoms with van der Waals surface area (Å²) in [6.07, 6.45) is -0.375. The lowest BCUT2D eigenvalue weighted by Gasteiger charge is -1.96. The maximum absolute atomic E-state index is 9.57. The first kappa shape index (κ1) is 9.82. The Kier molecular flexibility index (Phi) is 2.20. The highest BCUT2D eigenvalue weighted by Crippen LogP contribution is 2.32. The Morgan fingerprint density at radius 1 is 1.00 bits per heavy atom. The Labute approximate surface area is 98.0 Å². The molecule has 0 fully saturated rings. The second-order valence-corrected chi connectivity index (χ2v) is 5.18. The lowest BCUT2D eigenvalue weighted by atomic mass is 10.1. The van der Waals surface area contributed by atoms with Gasteiger partial charge in [-0.2, -0.15) is 0 Å². The summed E-state index contributed by atoms with van der Waals surface area (Å²) in [6, 6.07) is 14.8. The van der Waals surface area contributed by atoms with Crippen LogP contribution < -0.4 is 0 Å². The van der Waals surface area contributed by atoms with Crippen molar-refractivity contribution in [3.8, 4) is 0 Å². The smallest absolute Gasteiger partial charge is 0.0854 e. The van der Waals surface area contributed by atoms with Gasteiger partial charge in [0.05, 0.1) is 6.10 Å². The minimum atomic E-state index is -0.375. The number of rotatable bonds is 1. The lowest BCUT2D eigenvalue weighted by molar-refractivity contribution is 0.203. The van der Waals surface area contributed by atoms with Crippen LogP contribution in [0.15, 0.2) is 42.5 Å². The van der Waals surface area contributed by atoms with Gasteiger partial charge in [0.2, 0.25) is 0 Å². The standard InChI is InChI=1S/C14H12OS/c1-9(15)13-8-12-6-10-4-2-3-5-11(10)7-14(12)16-13/h2-9,15H,1H3/t9-/m0/s1. The highest BCUT2D eigenvalue weighted by atomic mass is 32.1. The van der Waals surface area contributed by atoms with Crippen LogP contribution >= 0.6 is 11.3 Å². The molecule has 0 spiro atoms. The molecule has 0 aliphatic carbocycles. The fraction of sp³-hybridized carbons (Fsp3) is 0.143. The molecule has 1 atom stereocenters. The molecule has 0 aliphatic heterocycles. The Hall–Kier alpha value is -1.38. The van der Waals surface area contributed by atoms with E-state index in [2.05, 4.69) is 42.5 Å². The fourth-order valence-electron chi connectivity index (χ4n) is 1.95. The number of fused-ring (bicyclic) bond motifs is 2. The highest BCUT2D eigenvalue weighted by molar-refractivity contribution is 7.19. The average Bonchev–Trinajstić information content (AvgIpc) is 2.68. The second kappa shape index (κ2) is 3.58. The first-order valence-electron chi connectivity index (χ1n) is 5.34. The van der Waals surface area contributed by atoms with Crippen LogP contribution in [0.3, 0.4) is 0 Å². The molecule has 0 bridgehead atoms. The van der Waals surface area contributed by atoms with Crippen molar-refractivity contribution in [1.29, 1.82) is 0 Å². The van der Waals surface area contributed by atoms with Crippen LogP contribution in [-0.2, 0) is 0 Å². The van der Waals surface area contributed by atoms with Gasteiger partial charge >= 0.3 is 0 Å². The molecule has 0 unspecified atom stereocenters. The molecular weight excluding hydrogens is 216 g/mol. The van der Waals surface area contributed by atoms with Gasteiger partial charge < -0.3 is 5.11 Å². The predicted octanol–water partition coefficient (Wildman–Crippen LogP) is 4.11. The van der Waals surface area contributed by atoms with E-state index in [9.17, 15) is 5.11 Å². The lowest BCUT2D eigenvalue weighted by Crippen LogP contribution is -1.83. The summed E-state index contributed by atoms with van der Waals surface area (Å²) in [5.74, 6) is 0. The van der Waals surface area contributed by atoms with Crippen molar-refractivity contribution in [1.82, 2.24) is 0 Å². The maximum Gasteiger partial charge on any atom is 0.0854 e. The quantitative estimate of drug-likeness (QED) is 0.664. The number of aliphatic hydroxyl groups is 1. The summed E-state index contributed by atoms with van der Waals surface area (Å²) < 4.78 is 1.25. The highest BCUT2D eigenvalue weighted by Gasteiger charge is 2.07. The molecule has 0 saturated heterocycles. The third kappa shape index (κ3) is 1.51. The monoisotopic (exact) mass is 228 g/mol. The minimum Gasteiger partial charge on any atom is -0.388 e. The topological polar surface area (TPSA) is 20.2 Å². The summed E-state index contributed by atoms with van der Waals surface area (Å²) >= 11 is 1.67. The van der Waals surface area contributed by atoms with Crippen molar-refractivity contribution in [2.24, 2.45) is 0 Å². The Bertz CT molecular complexity index is 599. The predicted molar refractivity (Wildman–Crippen MR) is 70.0 cm³/mol. The maximum atomic E-state index is 9.57. The number of aliphatic hydroxyl groups excluding tert-OH is 1. The van der Waals surface area contributed by atoms with E-state index in [-0.39, 0.29) is 6.10 Å². The zero-order valence-corrected chi connectivity index (χ0v) is 9.79. The summed E-state index contributed by atoms with van der Waals surface area (Å²) in [5.41, 5.74) is 0. The zero-order valence-electron chi connectivity index (χ0n) is 8.97. The fourth-order valence-corrected chi connectivity index (χ4v) is 2.99. The van der Waals surface area contributed by atoms with E-state index in [1.165, 1.54) is 20.9 Å². The van der Waals surface area contributed by atoms with Crippen LogP contribution in [0.4, 0.5) is 0 Å². The van der Waals surface area contributed by atoms with Gasteiger partial charge in [0.15, 0.2) is 0 Å². The van der Waals surface area contributed by atoms with Crippen molar-refractivity contribution < 1.29 is 5.11 Å². The number of thiophene rings is 1. The zero-order chi connectivity index (χ0) is 11.1. The van der Waals surface area contributed by atoms with Crippen molar-refractivity contribution in [3.05, 3.63) is 47.3 Å². The van der Waals surface area contributed by atoms with Crippen LogP contribution in [-0.4, -0.2) is 5.11 Å². The molecule has 1 aromatic heterocycles. The Morgan fingerprint density at radius 3 is 2.38 bits per heavy atom. The van der Waals surface area contributed by atoms with Crippen molar-refractivity contribution >= 4 is 32.2 Å². The van der Waals surface area contributed by atoms with Gasteiger partial charge in [-0.1, -0.05) is 24.3 Å². The van der Waals surface area contributed by atoms with E-state index >= 15 is 0 Å². The summed E-state index contributed by atoms with van der Waals surface area (Å²) in [7, 11) is 0. The summed E-state index contributed by atoms with van der Waals surface area (Å²) in [5, 5.41) is 13.3. The molecule has 3 aromatic rings. The van der Waals surface area contributed by atoms with Crippen LogP contribution in [0.2, 0.25) is 0 Å². The summed E-state index contributed by atoms with van der Waals surface area (Å²) in [4.78, 5) is 1.03.